The summed E-state index contributed by atoms with van der Waals surface area (Å²) in [4.78, 5) is 0. The fraction of sp³-hybridized carbons (Fsp3) is 0.571. The third-order valence-corrected chi connectivity index (χ3v) is 4.25. The van der Waals surface area contributed by atoms with Crippen LogP contribution in [-0.4, -0.2) is 12.4 Å². The van der Waals surface area contributed by atoms with E-state index >= 15 is 0 Å². The van der Waals surface area contributed by atoms with Crippen LogP contribution in [0.3, 0.4) is 0 Å². The number of rotatable bonds is 5. The highest BCUT2D eigenvalue weighted by Gasteiger charge is 2.41. The third-order valence-electron chi connectivity index (χ3n) is 3.69. The molecular formula is C14H20ClN. The Bertz CT molecular complexity index is 349. The number of aryl methyl sites for hydroxylation is 2. The molecule has 0 bridgehead atoms. The second-order valence-corrected chi connectivity index (χ2v) is 5.37. The average molecular weight is 238 g/mol. The molecule has 1 fully saturated rings. The Labute approximate surface area is 103 Å². The first-order chi connectivity index (χ1) is 7.67. The van der Waals surface area contributed by atoms with Crippen LogP contribution in [0, 0.1) is 19.3 Å². The summed E-state index contributed by atoms with van der Waals surface area (Å²) in [5.41, 5.74) is 4.61. The summed E-state index contributed by atoms with van der Waals surface area (Å²) in [5.74, 6) is 0.798. The third kappa shape index (κ3) is 2.58. The first-order valence-corrected chi connectivity index (χ1v) is 6.52. The lowest BCUT2D eigenvalue weighted by molar-refractivity contribution is 0.504. The molecule has 0 spiro atoms. The zero-order valence-corrected chi connectivity index (χ0v) is 10.9. The summed E-state index contributed by atoms with van der Waals surface area (Å²) in [6.07, 6.45) is 2.58. The predicted molar refractivity (Wildman–Crippen MR) is 70.0 cm³/mol. The molecule has 0 aliphatic heterocycles. The molecule has 0 atom stereocenters. The normalized spacial score (nSPS) is 17.4. The Morgan fingerprint density at radius 2 is 1.88 bits per heavy atom. The minimum absolute atomic E-state index is 0.415. The van der Waals surface area contributed by atoms with Crippen molar-refractivity contribution < 1.29 is 0 Å². The number of halogens is 1. The van der Waals surface area contributed by atoms with Gasteiger partial charge in [0.1, 0.15) is 0 Å². The van der Waals surface area contributed by atoms with Crippen LogP contribution in [0.15, 0.2) is 18.2 Å². The molecular weight excluding hydrogens is 218 g/mol. The second-order valence-electron chi connectivity index (χ2n) is 5.11. The second kappa shape index (κ2) is 4.77. The number of alkyl halides is 1. The van der Waals surface area contributed by atoms with Gasteiger partial charge < -0.3 is 5.32 Å². The van der Waals surface area contributed by atoms with E-state index in [1.807, 2.05) is 0 Å². The molecule has 1 N–H and O–H groups in total. The van der Waals surface area contributed by atoms with E-state index in [1.54, 1.807) is 0 Å². The SMILES string of the molecule is Cc1cccc(C)c1CNCC1(CCl)CC1. The fourth-order valence-corrected chi connectivity index (χ4v) is 2.48. The summed E-state index contributed by atoms with van der Waals surface area (Å²) in [6, 6.07) is 6.48. The molecule has 2 rings (SSSR count). The largest absolute Gasteiger partial charge is 0.312 e. The minimum atomic E-state index is 0.415. The van der Waals surface area contributed by atoms with Crippen molar-refractivity contribution in [1.29, 1.82) is 0 Å². The molecule has 88 valence electrons. The van der Waals surface area contributed by atoms with E-state index in [4.69, 9.17) is 11.6 Å². The summed E-state index contributed by atoms with van der Waals surface area (Å²) in [7, 11) is 0. The van der Waals surface area contributed by atoms with Gasteiger partial charge in [0.05, 0.1) is 0 Å². The predicted octanol–water partition coefficient (Wildman–Crippen LogP) is 3.41. The van der Waals surface area contributed by atoms with E-state index < -0.39 is 0 Å². The number of nitrogens with one attached hydrogen (secondary N) is 1. The Balaban J connectivity index is 1.90. The van der Waals surface area contributed by atoms with Crippen molar-refractivity contribution in [3.05, 3.63) is 34.9 Å². The molecule has 1 aromatic carbocycles. The topological polar surface area (TPSA) is 12.0 Å². The van der Waals surface area contributed by atoms with Crippen molar-refractivity contribution in [2.45, 2.75) is 33.2 Å². The molecule has 1 saturated carbocycles. The lowest BCUT2D eigenvalue weighted by atomic mass is 10.0. The number of hydrogen-bond donors (Lipinski definition) is 1. The van der Waals surface area contributed by atoms with Gasteiger partial charge in [-0.15, -0.1) is 11.6 Å². The molecule has 0 unspecified atom stereocenters. The van der Waals surface area contributed by atoms with Crippen LogP contribution in [0.1, 0.15) is 29.5 Å². The molecule has 0 amide bonds. The van der Waals surface area contributed by atoms with E-state index in [2.05, 4.69) is 37.4 Å². The van der Waals surface area contributed by atoms with Crippen molar-refractivity contribution >= 4 is 11.6 Å². The smallest absolute Gasteiger partial charge is 0.0292 e. The molecule has 1 aliphatic carbocycles. The standard InChI is InChI=1S/C14H20ClN/c1-11-4-3-5-12(2)13(11)8-16-10-14(9-15)6-7-14/h3-5,16H,6-10H2,1-2H3. The average Bonchev–Trinajstić information content (AvgIpc) is 3.03. The fourth-order valence-electron chi connectivity index (χ4n) is 2.11. The Morgan fingerprint density at radius 3 is 2.38 bits per heavy atom. The molecule has 0 heterocycles. The van der Waals surface area contributed by atoms with Gasteiger partial charge in [-0.3, -0.25) is 0 Å². The van der Waals surface area contributed by atoms with Crippen LogP contribution in [0.5, 0.6) is 0 Å². The summed E-state index contributed by atoms with van der Waals surface area (Å²) in [6.45, 7) is 6.39. The summed E-state index contributed by atoms with van der Waals surface area (Å²) < 4.78 is 0. The van der Waals surface area contributed by atoms with Gasteiger partial charge in [-0.25, -0.2) is 0 Å². The Hall–Kier alpha value is -0.530. The first kappa shape index (κ1) is 11.9. The van der Waals surface area contributed by atoms with Crippen LogP contribution in [-0.2, 0) is 6.54 Å². The van der Waals surface area contributed by atoms with Crippen molar-refractivity contribution in [1.82, 2.24) is 5.32 Å². The maximum atomic E-state index is 5.96. The van der Waals surface area contributed by atoms with Gasteiger partial charge in [-0.05, 0) is 48.8 Å². The molecule has 16 heavy (non-hydrogen) atoms. The van der Waals surface area contributed by atoms with E-state index in [1.165, 1.54) is 29.5 Å². The van der Waals surface area contributed by atoms with E-state index in [0.29, 0.717) is 5.41 Å². The van der Waals surface area contributed by atoms with E-state index in [9.17, 15) is 0 Å². The van der Waals surface area contributed by atoms with Crippen LogP contribution >= 0.6 is 11.6 Å². The Kier molecular flexibility index (Phi) is 3.56. The van der Waals surface area contributed by atoms with Crippen LogP contribution < -0.4 is 5.32 Å². The van der Waals surface area contributed by atoms with Crippen LogP contribution in [0.4, 0.5) is 0 Å². The maximum absolute atomic E-state index is 5.96. The molecule has 1 nitrogen and oxygen atoms in total. The number of hydrogen-bond acceptors (Lipinski definition) is 1. The van der Waals surface area contributed by atoms with Crippen molar-refractivity contribution in [3.63, 3.8) is 0 Å². The van der Waals surface area contributed by atoms with Gasteiger partial charge in [-0.1, -0.05) is 18.2 Å². The van der Waals surface area contributed by atoms with Crippen molar-refractivity contribution in [3.8, 4) is 0 Å². The lowest BCUT2D eigenvalue weighted by Crippen LogP contribution is -2.25. The molecule has 0 saturated heterocycles. The highest BCUT2D eigenvalue weighted by molar-refractivity contribution is 6.18. The van der Waals surface area contributed by atoms with Gasteiger partial charge in [0.2, 0.25) is 0 Å². The minimum Gasteiger partial charge on any atom is -0.312 e. The van der Waals surface area contributed by atoms with Gasteiger partial charge >= 0.3 is 0 Å². The van der Waals surface area contributed by atoms with Gasteiger partial charge in [0.15, 0.2) is 0 Å². The number of benzene rings is 1. The first-order valence-electron chi connectivity index (χ1n) is 5.99. The highest BCUT2D eigenvalue weighted by Crippen LogP contribution is 2.45. The van der Waals surface area contributed by atoms with Gasteiger partial charge in [0.25, 0.3) is 0 Å². The van der Waals surface area contributed by atoms with Crippen molar-refractivity contribution in [2.24, 2.45) is 5.41 Å². The molecule has 0 radical (unpaired) electrons. The van der Waals surface area contributed by atoms with Crippen LogP contribution in [0.2, 0.25) is 0 Å². The van der Waals surface area contributed by atoms with Crippen molar-refractivity contribution in [2.75, 3.05) is 12.4 Å². The lowest BCUT2D eigenvalue weighted by Gasteiger charge is -2.15. The monoisotopic (exact) mass is 237 g/mol. The maximum Gasteiger partial charge on any atom is 0.0292 e. The molecule has 1 aromatic rings. The molecule has 1 aliphatic rings. The van der Waals surface area contributed by atoms with Crippen LogP contribution in [0.25, 0.3) is 0 Å². The van der Waals surface area contributed by atoms with E-state index in [0.717, 1.165) is 19.0 Å². The quantitative estimate of drug-likeness (QED) is 0.774. The van der Waals surface area contributed by atoms with Gasteiger partial charge in [-0.2, -0.15) is 0 Å². The zero-order chi connectivity index (χ0) is 11.6. The molecule has 0 aromatic heterocycles. The molecule has 2 heteroatoms. The Morgan fingerprint density at radius 1 is 1.25 bits per heavy atom. The summed E-state index contributed by atoms with van der Waals surface area (Å²) >= 11 is 5.96. The van der Waals surface area contributed by atoms with E-state index in [-0.39, 0.29) is 0 Å². The van der Waals surface area contributed by atoms with Gasteiger partial charge in [0, 0.05) is 19.0 Å². The highest BCUT2D eigenvalue weighted by atomic mass is 35.5. The summed E-state index contributed by atoms with van der Waals surface area (Å²) in [5, 5.41) is 3.55. The zero-order valence-electron chi connectivity index (χ0n) is 10.1.